The zero-order valence-electron chi connectivity index (χ0n) is 11.3. The highest BCUT2D eigenvalue weighted by Gasteiger charge is 2.19. The van der Waals surface area contributed by atoms with Crippen LogP contribution < -0.4 is 10.6 Å². The van der Waals surface area contributed by atoms with Gasteiger partial charge in [0.25, 0.3) is 0 Å². The van der Waals surface area contributed by atoms with Gasteiger partial charge in [-0.3, -0.25) is 4.98 Å². The maximum absolute atomic E-state index is 11.6. The number of aliphatic hydroxyl groups excluding tert-OH is 1. The summed E-state index contributed by atoms with van der Waals surface area (Å²) in [5.74, 6) is -1.18. The number of nitrogens with one attached hydrogen (secondary N) is 2. The fourth-order valence-corrected chi connectivity index (χ4v) is 1.71. The van der Waals surface area contributed by atoms with Gasteiger partial charge in [-0.15, -0.1) is 0 Å². The van der Waals surface area contributed by atoms with Crippen molar-refractivity contribution >= 4 is 12.0 Å². The third kappa shape index (κ3) is 4.85. The summed E-state index contributed by atoms with van der Waals surface area (Å²) in [7, 11) is 0. The topological polar surface area (TPSA) is 112 Å². The Morgan fingerprint density at radius 1 is 1.45 bits per heavy atom. The molecule has 0 aromatic carbocycles. The molecule has 0 aliphatic heterocycles. The van der Waals surface area contributed by atoms with Crippen molar-refractivity contribution in [2.45, 2.75) is 32.4 Å². The van der Waals surface area contributed by atoms with Gasteiger partial charge in [-0.25, -0.2) is 9.59 Å². The number of pyridine rings is 1. The number of nitrogens with zero attached hydrogens (tertiary/aromatic N) is 1. The molecule has 7 nitrogen and oxygen atoms in total. The highest BCUT2D eigenvalue weighted by molar-refractivity contribution is 5.82. The highest BCUT2D eigenvalue weighted by atomic mass is 16.4. The summed E-state index contributed by atoms with van der Waals surface area (Å²) in [6, 6.07) is 2.05. The zero-order chi connectivity index (χ0) is 15.0. The number of aliphatic hydroxyl groups is 1. The normalized spacial score (nSPS) is 11.7. The van der Waals surface area contributed by atoms with Crippen LogP contribution in [0.2, 0.25) is 0 Å². The van der Waals surface area contributed by atoms with Gasteiger partial charge in [0.15, 0.2) is 0 Å². The van der Waals surface area contributed by atoms with Gasteiger partial charge in [0.1, 0.15) is 6.04 Å². The van der Waals surface area contributed by atoms with Crippen molar-refractivity contribution in [3.05, 3.63) is 29.6 Å². The molecule has 0 aliphatic rings. The summed E-state index contributed by atoms with van der Waals surface area (Å²) in [5.41, 5.74) is 1.78. The first-order chi connectivity index (χ1) is 9.58. The van der Waals surface area contributed by atoms with Crippen LogP contribution in [-0.2, 0) is 17.8 Å². The number of carboxylic acids is 1. The van der Waals surface area contributed by atoms with E-state index in [2.05, 4.69) is 15.6 Å². The monoisotopic (exact) mass is 281 g/mol. The highest BCUT2D eigenvalue weighted by Crippen LogP contribution is 2.05. The number of hydrogen-bond acceptors (Lipinski definition) is 4. The molecule has 110 valence electrons. The van der Waals surface area contributed by atoms with Gasteiger partial charge in [0.2, 0.25) is 0 Å². The lowest BCUT2D eigenvalue weighted by molar-refractivity contribution is -0.139. The second-order valence-electron chi connectivity index (χ2n) is 4.19. The van der Waals surface area contributed by atoms with Crippen LogP contribution in [0.4, 0.5) is 4.79 Å². The molecule has 20 heavy (non-hydrogen) atoms. The Balaban J connectivity index is 2.52. The van der Waals surface area contributed by atoms with E-state index in [0.717, 1.165) is 17.7 Å². The predicted octanol–water partition coefficient (Wildman–Crippen LogP) is 0.279. The molecule has 4 N–H and O–H groups in total. The number of rotatable bonds is 7. The van der Waals surface area contributed by atoms with E-state index < -0.39 is 18.0 Å². The Hall–Kier alpha value is -2.15. The number of carbonyl (C=O) groups excluding carboxylic acids is 1. The van der Waals surface area contributed by atoms with Crippen LogP contribution in [-0.4, -0.2) is 39.8 Å². The van der Waals surface area contributed by atoms with E-state index in [0.29, 0.717) is 0 Å². The molecular weight excluding hydrogens is 262 g/mol. The lowest BCUT2D eigenvalue weighted by atomic mass is 10.1. The van der Waals surface area contributed by atoms with Crippen LogP contribution in [0.1, 0.15) is 24.6 Å². The van der Waals surface area contributed by atoms with Crippen LogP contribution in [0.3, 0.4) is 0 Å². The molecule has 7 heteroatoms. The molecule has 0 spiro atoms. The third-order valence-electron chi connectivity index (χ3n) is 2.80. The Morgan fingerprint density at radius 2 is 2.20 bits per heavy atom. The van der Waals surface area contributed by atoms with E-state index in [4.69, 9.17) is 10.2 Å². The number of urea groups is 1. The van der Waals surface area contributed by atoms with E-state index >= 15 is 0 Å². The number of amides is 2. The first kappa shape index (κ1) is 15.9. The molecule has 1 aromatic heterocycles. The molecule has 1 rings (SSSR count). The van der Waals surface area contributed by atoms with Gasteiger partial charge in [0.05, 0.1) is 12.2 Å². The molecule has 0 fully saturated rings. The van der Waals surface area contributed by atoms with Gasteiger partial charge in [-0.1, -0.05) is 13.0 Å². The predicted molar refractivity (Wildman–Crippen MR) is 72.1 cm³/mol. The van der Waals surface area contributed by atoms with E-state index in [1.165, 1.54) is 0 Å². The van der Waals surface area contributed by atoms with Crippen LogP contribution in [0.25, 0.3) is 0 Å². The largest absolute Gasteiger partial charge is 0.480 e. The molecular formula is C13H19N3O4. The van der Waals surface area contributed by atoms with E-state index in [-0.39, 0.29) is 19.6 Å². The quantitative estimate of drug-likeness (QED) is 0.573. The van der Waals surface area contributed by atoms with Crippen molar-refractivity contribution in [3.63, 3.8) is 0 Å². The fraction of sp³-hybridized carbons (Fsp3) is 0.462. The Kier molecular flexibility index (Phi) is 6.45. The van der Waals surface area contributed by atoms with Gasteiger partial charge >= 0.3 is 12.0 Å². The molecule has 0 saturated heterocycles. The average molecular weight is 281 g/mol. The fourth-order valence-electron chi connectivity index (χ4n) is 1.71. The van der Waals surface area contributed by atoms with Gasteiger partial charge in [0, 0.05) is 19.2 Å². The standard InChI is InChI=1S/C13H19N3O4/c1-2-9-4-3-6-14-11(9)8-15-13(20)16-10(5-7-17)12(18)19/h3-4,6,10,17H,2,5,7-8H2,1H3,(H,18,19)(H2,15,16,20)/t10-/m1/s1. The van der Waals surface area contributed by atoms with Crippen molar-refractivity contribution < 1.29 is 19.8 Å². The number of hydrogen-bond donors (Lipinski definition) is 4. The number of aryl methyl sites for hydroxylation is 1. The van der Waals surface area contributed by atoms with Crippen molar-refractivity contribution in [1.29, 1.82) is 0 Å². The van der Waals surface area contributed by atoms with Crippen LogP contribution in [0.5, 0.6) is 0 Å². The van der Waals surface area contributed by atoms with Crippen LogP contribution in [0.15, 0.2) is 18.3 Å². The molecule has 0 saturated carbocycles. The Bertz CT molecular complexity index is 465. The average Bonchev–Trinajstić information content (AvgIpc) is 2.44. The van der Waals surface area contributed by atoms with E-state index in [1.54, 1.807) is 6.20 Å². The molecule has 2 amide bonds. The SMILES string of the molecule is CCc1cccnc1CNC(=O)N[C@H](CCO)C(=O)O. The summed E-state index contributed by atoms with van der Waals surface area (Å²) in [6.07, 6.45) is 2.40. The molecule has 1 aromatic rings. The van der Waals surface area contributed by atoms with Gasteiger partial charge in [-0.2, -0.15) is 0 Å². The number of aromatic nitrogens is 1. The lowest BCUT2D eigenvalue weighted by Gasteiger charge is -2.14. The van der Waals surface area contributed by atoms with Crippen molar-refractivity contribution in [3.8, 4) is 0 Å². The minimum atomic E-state index is -1.18. The number of carboxylic acid groups (broad SMARTS) is 1. The molecule has 0 aliphatic carbocycles. The molecule has 0 bridgehead atoms. The molecule has 0 unspecified atom stereocenters. The maximum Gasteiger partial charge on any atom is 0.326 e. The maximum atomic E-state index is 11.6. The summed E-state index contributed by atoms with van der Waals surface area (Å²) in [5, 5.41) is 22.4. The Labute approximate surface area is 117 Å². The summed E-state index contributed by atoms with van der Waals surface area (Å²) in [4.78, 5) is 26.6. The Morgan fingerprint density at radius 3 is 2.80 bits per heavy atom. The summed E-state index contributed by atoms with van der Waals surface area (Å²) < 4.78 is 0. The third-order valence-corrected chi connectivity index (χ3v) is 2.80. The lowest BCUT2D eigenvalue weighted by Crippen LogP contribution is -2.46. The van der Waals surface area contributed by atoms with Crippen molar-refractivity contribution in [2.24, 2.45) is 0 Å². The molecule has 0 radical (unpaired) electrons. The summed E-state index contributed by atoms with van der Waals surface area (Å²) in [6.45, 7) is 1.90. The number of aliphatic carboxylic acids is 1. The zero-order valence-corrected chi connectivity index (χ0v) is 11.3. The van der Waals surface area contributed by atoms with E-state index in [9.17, 15) is 9.59 Å². The van der Waals surface area contributed by atoms with Gasteiger partial charge < -0.3 is 20.8 Å². The first-order valence-electron chi connectivity index (χ1n) is 6.39. The smallest absolute Gasteiger partial charge is 0.326 e. The van der Waals surface area contributed by atoms with Crippen molar-refractivity contribution in [1.82, 2.24) is 15.6 Å². The van der Waals surface area contributed by atoms with Crippen LogP contribution >= 0.6 is 0 Å². The molecule has 1 atom stereocenters. The van der Waals surface area contributed by atoms with Crippen LogP contribution in [0, 0.1) is 0 Å². The number of carbonyl (C=O) groups is 2. The minimum Gasteiger partial charge on any atom is -0.480 e. The molecule has 1 heterocycles. The second kappa shape index (κ2) is 8.11. The van der Waals surface area contributed by atoms with Gasteiger partial charge in [-0.05, 0) is 18.1 Å². The first-order valence-corrected chi connectivity index (χ1v) is 6.39. The van der Waals surface area contributed by atoms with Crippen molar-refractivity contribution in [2.75, 3.05) is 6.61 Å². The minimum absolute atomic E-state index is 0.0352. The summed E-state index contributed by atoms with van der Waals surface area (Å²) >= 11 is 0. The second-order valence-corrected chi connectivity index (χ2v) is 4.19. The van der Waals surface area contributed by atoms with E-state index in [1.807, 2.05) is 19.1 Å².